The van der Waals surface area contributed by atoms with Crippen LogP contribution in [-0.4, -0.2) is 46.8 Å². The number of benzene rings is 3. The molecule has 3 aromatic rings. The van der Waals surface area contributed by atoms with Crippen molar-refractivity contribution >= 4 is 5.91 Å². The zero-order chi connectivity index (χ0) is 28.2. The van der Waals surface area contributed by atoms with Crippen LogP contribution in [0.4, 0.5) is 4.39 Å². The maximum absolute atomic E-state index is 14.3. The Hall–Kier alpha value is -3.46. The largest absolute Gasteiger partial charge is 0.488 e. The van der Waals surface area contributed by atoms with Crippen LogP contribution in [0.25, 0.3) is 11.1 Å². The van der Waals surface area contributed by atoms with Crippen LogP contribution in [0.1, 0.15) is 38.8 Å². The van der Waals surface area contributed by atoms with Crippen LogP contribution in [0, 0.1) is 11.7 Å². The number of ether oxygens (including phenoxy) is 3. The molecule has 1 aliphatic rings. The minimum absolute atomic E-state index is 0.159. The van der Waals surface area contributed by atoms with Gasteiger partial charge in [0.25, 0.3) is 0 Å². The molecule has 39 heavy (non-hydrogen) atoms. The van der Waals surface area contributed by atoms with Crippen LogP contribution in [0.3, 0.4) is 0 Å². The van der Waals surface area contributed by atoms with Gasteiger partial charge in [-0.3, -0.25) is 4.79 Å². The van der Waals surface area contributed by atoms with E-state index in [9.17, 15) is 19.4 Å². The Labute approximate surface area is 228 Å². The van der Waals surface area contributed by atoms with Crippen LogP contribution < -0.4 is 14.8 Å². The molecule has 4 atom stereocenters. The fraction of sp³-hybridized carbons (Fsp3) is 0.387. The van der Waals surface area contributed by atoms with Gasteiger partial charge in [-0.05, 0) is 55.2 Å². The summed E-state index contributed by atoms with van der Waals surface area (Å²) in [6.07, 6.45) is -3.05. The van der Waals surface area contributed by atoms with Crippen LogP contribution >= 0.6 is 0 Å². The quantitative estimate of drug-likeness (QED) is 0.369. The third-order valence-electron chi connectivity index (χ3n) is 7.21. The average molecular weight is 538 g/mol. The van der Waals surface area contributed by atoms with E-state index >= 15 is 0 Å². The van der Waals surface area contributed by atoms with Gasteiger partial charge in [0, 0.05) is 31.0 Å². The summed E-state index contributed by atoms with van der Waals surface area (Å²) in [5.41, 5.74) is 2.21. The summed E-state index contributed by atoms with van der Waals surface area (Å²) in [5, 5.41) is 24.2. The Morgan fingerprint density at radius 3 is 2.49 bits per heavy atom. The second-order valence-corrected chi connectivity index (χ2v) is 10.4. The third kappa shape index (κ3) is 6.95. The summed E-state index contributed by atoms with van der Waals surface area (Å²) in [6.45, 7) is 7.55. The molecule has 1 amide bonds. The molecule has 7 nitrogen and oxygen atoms in total. The van der Waals surface area contributed by atoms with Gasteiger partial charge in [0.2, 0.25) is 12.2 Å². The lowest BCUT2D eigenvalue weighted by Gasteiger charge is -2.46. The van der Waals surface area contributed by atoms with Crippen LogP contribution in [-0.2, 0) is 22.6 Å². The van der Waals surface area contributed by atoms with Crippen molar-refractivity contribution in [2.24, 2.45) is 5.92 Å². The van der Waals surface area contributed by atoms with Crippen molar-refractivity contribution in [1.82, 2.24) is 5.32 Å². The maximum atomic E-state index is 14.3. The van der Waals surface area contributed by atoms with E-state index in [1.807, 2.05) is 51.1 Å². The molecule has 0 radical (unpaired) electrons. The minimum atomic E-state index is -1.28. The number of carbonyl (C=O) groups excluding carboxylic acids is 1. The second-order valence-electron chi connectivity index (χ2n) is 10.4. The van der Waals surface area contributed by atoms with Gasteiger partial charge in [0.15, 0.2) is 0 Å². The predicted molar refractivity (Wildman–Crippen MR) is 146 cm³/mol. The molecule has 1 heterocycles. The standard InChI is InChI=1S/C31H36FNO6/c1-19-28(35)29(36)30(39-31(19,3)4)38-24-16-26(22-11-8-12-23(32)15-22)25(13-14-33-20(2)34)27(17-24)37-18-21-9-6-5-7-10-21/h5-12,15-17,19,28-30,35-36H,13-14,18H2,1-4H3,(H,33,34)/t19-,28-,29-,30-/m1/s1. The fourth-order valence-corrected chi connectivity index (χ4v) is 4.66. The van der Waals surface area contributed by atoms with Crippen LogP contribution in [0.5, 0.6) is 11.5 Å². The van der Waals surface area contributed by atoms with Crippen molar-refractivity contribution < 1.29 is 33.6 Å². The summed E-state index contributed by atoms with van der Waals surface area (Å²) < 4.78 is 32.7. The van der Waals surface area contributed by atoms with Crippen molar-refractivity contribution in [2.45, 2.75) is 64.8 Å². The number of carbonyl (C=O) groups is 1. The van der Waals surface area contributed by atoms with E-state index in [0.29, 0.717) is 35.6 Å². The molecule has 208 valence electrons. The summed E-state index contributed by atoms with van der Waals surface area (Å²) in [6, 6.07) is 19.3. The molecule has 0 aliphatic carbocycles. The molecular formula is C31H36FNO6. The summed E-state index contributed by atoms with van der Waals surface area (Å²) in [7, 11) is 0. The lowest BCUT2D eigenvalue weighted by molar-refractivity contribution is -0.284. The highest BCUT2D eigenvalue weighted by Gasteiger charge is 2.47. The Kier molecular flexibility index (Phi) is 8.90. The van der Waals surface area contributed by atoms with E-state index in [4.69, 9.17) is 14.2 Å². The number of rotatable bonds is 9. The van der Waals surface area contributed by atoms with Gasteiger partial charge in [-0.1, -0.05) is 49.4 Å². The molecule has 0 aromatic heterocycles. The summed E-state index contributed by atoms with van der Waals surface area (Å²) in [5.74, 6) is -0.0751. The highest BCUT2D eigenvalue weighted by Crippen LogP contribution is 2.39. The van der Waals surface area contributed by atoms with Crippen LogP contribution in [0.15, 0.2) is 66.7 Å². The lowest BCUT2D eigenvalue weighted by Crippen LogP contribution is -2.59. The number of aliphatic hydroxyl groups is 2. The average Bonchev–Trinajstić information content (AvgIpc) is 2.90. The summed E-state index contributed by atoms with van der Waals surface area (Å²) >= 11 is 0. The van der Waals surface area contributed by atoms with Crippen LogP contribution in [0.2, 0.25) is 0 Å². The predicted octanol–water partition coefficient (Wildman–Crippen LogP) is 4.62. The lowest BCUT2D eigenvalue weighted by atomic mass is 9.82. The molecule has 0 saturated carbocycles. The first-order valence-corrected chi connectivity index (χ1v) is 13.1. The number of hydrogen-bond donors (Lipinski definition) is 3. The van der Waals surface area contributed by atoms with Gasteiger partial charge in [0.05, 0.1) is 11.7 Å². The number of amides is 1. The fourth-order valence-electron chi connectivity index (χ4n) is 4.66. The first kappa shape index (κ1) is 28.5. The van der Waals surface area contributed by atoms with Crippen molar-refractivity contribution in [1.29, 1.82) is 0 Å². The Bertz CT molecular complexity index is 1280. The number of halogens is 1. The normalized spacial score (nSPS) is 22.2. The number of aliphatic hydroxyl groups excluding tert-OH is 2. The van der Waals surface area contributed by atoms with Crippen molar-refractivity contribution in [3.63, 3.8) is 0 Å². The Morgan fingerprint density at radius 1 is 1.05 bits per heavy atom. The van der Waals surface area contributed by atoms with Gasteiger partial charge in [-0.15, -0.1) is 0 Å². The number of nitrogens with one attached hydrogen (secondary N) is 1. The number of hydrogen-bond acceptors (Lipinski definition) is 6. The van der Waals surface area contributed by atoms with E-state index in [0.717, 1.165) is 11.1 Å². The Balaban J connectivity index is 1.76. The van der Waals surface area contributed by atoms with Gasteiger partial charge in [0.1, 0.15) is 30.0 Å². The molecule has 3 N–H and O–H groups in total. The van der Waals surface area contributed by atoms with Gasteiger partial charge in [-0.2, -0.15) is 0 Å². The molecule has 0 spiro atoms. The zero-order valence-electron chi connectivity index (χ0n) is 22.7. The maximum Gasteiger partial charge on any atom is 0.229 e. The van der Waals surface area contributed by atoms with E-state index in [1.165, 1.54) is 19.1 Å². The monoisotopic (exact) mass is 537 g/mol. The molecule has 4 rings (SSSR count). The summed E-state index contributed by atoms with van der Waals surface area (Å²) in [4.78, 5) is 11.6. The molecule has 3 aromatic carbocycles. The SMILES string of the molecule is CC(=O)NCCc1c(OCc2ccccc2)cc(O[C@@H]2OC(C)(C)[C@H](C)[C@@H](O)[C@H]2O)cc1-c1cccc(F)c1. The van der Waals surface area contributed by atoms with E-state index in [-0.39, 0.29) is 18.4 Å². The molecule has 8 heteroatoms. The topological polar surface area (TPSA) is 97.3 Å². The smallest absolute Gasteiger partial charge is 0.229 e. The molecule has 1 aliphatic heterocycles. The first-order valence-electron chi connectivity index (χ1n) is 13.1. The van der Waals surface area contributed by atoms with Gasteiger partial charge in [-0.25, -0.2) is 4.39 Å². The highest BCUT2D eigenvalue weighted by molar-refractivity contribution is 5.74. The highest BCUT2D eigenvalue weighted by atomic mass is 19.1. The van der Waals surface area contributed by atoms with E-state index in [1.54, 1.807) is 24.3 Å². The zero-order valence-corrected chi connectivity index (χ0v) is 22.7. The third-order valence-corrected chi connectivity index (χ3v) is 7.21. The van der Waals surface area contributed by atoms with Crippen molar-refractivity contribution in [2.75, 3.05) is 6.54 Å². The van der Waals surface area contributed by atoms with E-state index in [2.05, 4.69) is 5.32 Å². The van der Waals surface area contributed by atoms with Gasteiger partial charge < -0.3 is 29.7 Å². The molecular weight excluding hydrogens is 501 g/mol. The first-order chi connectivity index (χ1) is 18.5. The molecule has 1 saturated heterocycles. The Morgan fingerprint density at radius 2 is 1.79 bits per heavy atom. The minimum Gasteiger partial charge on any atom is -0.488 e. The van der Waals surface area contributed by atoms with Crippen molar-refractivity contribution in [3.8, 4) is 22.6 Å². The molecule has 1 fully saturated rings. The second kappa shape index (κ2) is 12.2. The molecule has 0 bridgehead atoms. The van der Waals surface area contributed by atoms with Gasteiger partial charge >= 0.3 is 0 Å². The van der Waals surface area contributed by atoms with E-state index < -0.39 is 29.9 Å². The van der Waals surface area contributed by atoms with Crippen molar-refractivity contribution in [3.05, 3.63) is 83.7 Å². The molecule has 0 unspecified atom stereocenters.